The normalized spacial score (nSPS) is 11.3. The second kappa shape index (κ2) is 7.98. The molecule has 0 bridgehead atoms. The quantitative estimate of drug-likeness (QED) is 0.426. The monoisotopic (exact) mass is 373 g/mol. The van der Waals surface area contributed by atoms with Crippen molar-refractivity contribution in [3.05, 3.63) is 30.1 Å². The lowest BCUT2D eigenvalue weighted by Crippen LogP contribution is -2.33. The van der Waals surface area contributed by atoms with Gasteiger partial charge in [0, 0.05) is 19.5 Å². The van der Waals surface area contributed by atoms with Gasteiger partial charge in [0.1, 0.15) is 5.82 Å². The highest BCUT2D eigenvalue weighted by atomic mass is 127. The first-order valence-electron chi connectivity index (χ1n) is 6.27. The van der Waals surface area contributed by atoms with Gasteiger partial charge in [0.25, 0.3) is 0 Å². The number of H-pyrrole nitrogens is 1. The Morgan fingerprint density at radius 2 is 2.21 bits per heavy atom. The maximum absolute atomic E-state index is 5.71. The zero-order valence-electron chi connectivity index (χ0n) is 11.0. The molecule has 0 spiro atoms. The van der Waals surface area contributed by atoms with Crippen LogP contribution in [0.3, 0.4) is 0 Å². The zero-order valence-corrected chi connectivity index (χ0v) is 13.3. The van der Waals surface area contributed by atoms with Crippen LogP contribution in [0.2, 0.25) is 0 Å². The number of halogens is 1. The van der Waals surface area contributed by atoms with Crippen LogP contribution in [-0.4, -0.2) is 29.0 Å². The smallest absolute Gasteiger partial charge is 0.188 e. The van der Waals surface area contributed by atoms with Crippen LogP contribution in [-0.2, 0) is 6.42 Å². The second-order valence-electron chi connectivity index (χ2n) is 4.14. The molecule has 1 aromatic carbocycles. The Labute approximate surface area is 130 Å². The molecule has 0 amide bonds. The Kier molecular flexibility index (Phi) is 6.61. The highest BCUT2D eigenvalue weighted by molar-refractivity contribution is 14.0. The summed E-state index contributed by atoms with van der Waals surface area (Å²) in [6.45, 7) is 3.58. The fourth-order valence-corrected chi connectivity index (χ4v) is 1.72. The molecule has 0 unspecified atom stereocenters. The molecule has 19 heavy (non-hydrogen) atoms. The number of benzene rings is 1. The summed E-state index contributed by atoms with van der Waals surface area (Å²) in [5, 5.41) is 3.08. The van der Waals surface area contributed by atoms with Gasteiger partial charge in [-0.2, -0.15) is 0 Å². The Morgan fingerprint density at radius 3 is 2.95 bits per heavy atom. The van der Waals surface area contributed by atoms with E-state index in [2.05, 4.69) is 27.2 Å². The van der Waals surface area contributed by atoms with Crippen molar-refractivity contribution in [1.82, 2.24) is 15.3 Å². The van der Waals surface area contributed by atoms with Crippen molar-refractivity contribution in [3.8, 4) is 0 Å². The van der Waals surface area contributed by atoms with Crippen molar-refractivity contribution in [2.75, 3.05) is 13.1 Å². The number of nitrogens with two attached hydrogens (primary N) is 1. The molecule has 1 heterocycles. The van der Waals surface area contributed by atoms with E-state index in [4.69, 9.17) is 5.73 Å². The van der Waals surface area contributed by atoms with Crippen LogP contribution in [0.15, 0.2) is 29.3 Å². The first kappa shape index (κ1) is 15.7. The number of rotatable bonds is 5. The van der Waals surface area contributed by atoms with E-state index < -0.39 is 0 Å². The van der Waals surface area contributed by atoms with Crippen LogP contribution in [0.4, 0.5) is 0 Å². The number of para-hydroxylation sites is 2. The number of guanidine groups is 1. The third-order valence-corrected chi connectivity index (χ3v) is 2.61. The SMILES string of the molecule is CCCN=C(N)NCCc1nc2ccccc2[nH]1.I. The standard InChI is InChI=1S/C13H19N5.HI/c1-2-8-15-13(14)16-9-7-12-17-10-5-3-4-6-11(10)18-12;/h3-6H,2,7-9H2,1H3,(H,17,18)(H3,14,15,16);1H. The molecule has 2 aromatic rings. The summed E-state index contributed by atoms with van der Waals surface area (Å²) in [4.78, 5) is 11.9. The largest absolute Gasteiger partial charge is 0.370 e. The number of aromatic amines is 1. The number of nitrogens with zero attached hydrogens (tertiary/aromatic N) is 2. The van der Waals surface area contributed by atoms with Gasteiger partial charge >= 0.3 is 0 Å². The Balaban J connectivity index is 0.00000180. The molecule has 0 saturated carbocycles. The Bertz CT molecular complexity index is 502. The van der Waals surface area contributed by atoms with Crippen LogP contribution in [0.1, 0.15) is 19.2 Å². The van der Waals surface area contributed by atoms with Crippen molar-refractivity contribution in [2.45, 2.75) is 19.8 Å². The molecule has 0 aliphatic rings. The van der Waals surface area contributed by atoms with Crippen LogP contribution >= 0.6 is 24.0 Å². The minimum atomic E-state index is 0. The summed E-state index contributed by atoms with van der Waals surface area (Å²) in [7, 11) is 0. The summed E-state index contributed by atoms with van der Waals surface area (Å²) in [6, 6.07) is 8.01. The van der Waals surface area contributed by atoms with Gasteiger partial charge in [-0.1, -0.05) is 19.1 Å². The van der Waals surface area contributed by atoms with E-state index >= 15 is 0 Å². The highest BCUT2D eigenvalue weighted by Gasteiger charge is 2.01. The fraction of sp³-hybridized carbons (Fsp3) is 0.385. The molecule has 0 aliphatic heterocycles. The van der Waals surface area contributed by atoms with Crippen molar-refractivity contribution in [3.63, 3.8) is 0 Å². The summed E-state index contributed by atoms with van der Waals surface area (Å²) in [5.41, 5.74) is 7.78. The average Bonchev–Trinajstić information content (AvgIpc) is 2.79. The molecule has 6 heteroatoms. The van der Waals surface area contributed by atoms with E-state index in [0.29, 0.717) is 5.96 Å². The molecule has 0 radical (unpaired) electrons. The molecule has 5 nitrogen and oxygen atoms in total. The van der Waals surface area contributed by atoms with Gasteiger partial charge in [0.05, 0.1) is 11.0 Å². The molecule has 0 fully saturated rings. The first-order valence-corrected chi connectivity index (χ1v) is 6.27. The number of hydrogen-bond donors (Lipinski definition) is 3. The molecule has 0 aliphatic carbocycles. The first-order chi connectivity index (χ1) is 8.79. The molecule has 0 atom stereocenters. The molecular weight excluding hydrogens is 353 g/mol. The van der Waals surface area contributed by atoms with Crippen molar-refractivity contribution < 1.29 is 0 Å². The minimum Gasteiger partial charge on any atom is -0.370 e. The highest BCUT2D eigenvalue weighted by Crippen LogP contribution is 2.10. The third kappa shape index (κ3) is 4.70. The number of hydrogen-bond acceptors (Lipinski definition) is 2. The molecule has 0 saturated heterocycles. The molecule has 104 valence electrons. The van der Waals surface area contributed by atoms with Crippen LogP contribution in [0.25, 0.3) is 11.0 Å². The lowest BCUT2D eigenvalue weighted by atomic mass is 10.3. The predicted molar refractivity (Wildman–Crippen MR) is 90.0 cm³/mol. The third-order valence-electron chi connectivity index (χ3n) is 2.61. The van der Waals surface area contributed by atoms with Gasteiger partial charge in [-0.25, -0.2) is 4.98 Å². The van der Waals surface area contributed by atoms with Crippen LogP contribution < -0.4 is 11.1 Å². The van der Waals surface area contributed by atoms with Gasteiger partial charge in [0.15, 0.2) is 5.96 Å². The summed E-state index contributed by atoms with van der Waals surface area (Å²) in [5.74, 6) is 1.47. The van der Waals surface area contributed by atoms with E-state index in [1.807, 2.05) is 24.3 Å². The van der Waals surface area contributed by atoms with Gasteiger partial charge < -0.3 is 16.0 Å². The summed E-state index contributed by atoms with van der Waals surface area (Å²) >= 11 is 0. The van der Waals surface area contributed by atoms with Gasteiger partial charge in [-0.15, -0.1) is 24.0 Å². The summed E-state index contributed by atoms with van der Waals surface area (Å²) in [6.07, 6.45) is 1.81. The number of aromatic nitrogens is 2. The van der Waals surface area contributed by atoms with E-state index in [0.717, 1.165) is 42.8 Å². The Morgan fingerprint density at radius 1 is 1.42 bits per heavy atom. The van der Waals surface area contributed by atoms with Gasteiger partial charge in [-0.05, 0) is 18.6 Å². The summed E-state index contributed by atoms with van der Waals surface area (Å²) < 4.78 is 0. The number of imidazole rings is 1. The fourth-order valence-electron chi connectivity index (χ4n) is 1.72. The topological polar surface area (TPSA) is 79.1 Å². The van der Waals surface area contributed by atoms with E-state index in [-0.39, 0.29) is 24.0 Å². The van der Waals surface area contributed by atoms with Crippen LogP contribution in [0.5, 0.6) is 0 Å². The zero-order chi connectivity index (χ0) is 12.8. The molecule has 4 N–H and O–H groups in total. The molecular formula is C13H20IN5. The van der Waals surface area contributed by atoms with E-state index in [9.17, 15) is 0 Å². The molecule has 1 aromatic heterocycles. The average molecular weight is 373 g/mol. The van der Waals surface area contributed by atoms with Crippen molar-refractivity contribution in [1.29, 1.82) is 0 Å². The van der Waals surface area contributed by atoms with E-state index in [1.165, 1.54) is 0 Å². The van der Waals surface area contributed by atoms with E-state index in [1.54, 1.807) is 0 Å². The second-order valence-corrected chi connectivity index (χ2v) is 4.14. The van der Waals surface area contributed by atoms with Crippen LogP contribution in [0, 0.1) is 0 Å². The van der Waals surface area contributed by atoms with Crippen molar-refractivity contribution >= 4 is 41.0 Å². The lowest BCUT2D eigenvalue weighted by molar-refractivity contribution is 0.810. The van der Waals surface area contributed by atoms with Gasteiger partial charge in [0.2, 0.25) is 0 Å². The minimum absolute atomic E-state index is 0. The lowest BCUT2D eigenvalue weighted by Gasteiger charge is -2.03. The number of nitrogens with one attached hydrogen (secondary N) is 2. The molecule has 2 rings (SSSR count). The maximum Gasteiger partial charge on any atom is 0.188 e. The number of fused-ring (bicyclic) bond motifs is 1. The Hall–Kier alpha value is -1.31. The van der Waals surface area contributed by atoms with Crippen molar-refractivity contribution in [2.24, 2.45) is 10.7 Å². The number of aliphatic imine (C=N–C) groups is 1. The maximum atomic E-state index is 5.71. The van der Waals surface area contributed by atoms with Gasteiger partial charge in [-0.3, -0.25) is 4.99 Å². The predicted octanol–water partition coefficient (Wildman–Crippen LogP) is 2.04.